The number of carboxylic acid groups (broad SMARTS) is 1. The smallest absolute Gasteiger partial charge is 0.315 e. The van der Waals surface area contributed by atoms with Crippen LogP contribution in [-0.2, 0) is 15.0 Å². The van der Waals surface area contributed by atoms with Gasteiger partial charge in [-0.2, -0.15) is 0 Å². The Hall–Kier alpha value is -2.10. The molecule has 0 spiro atoms. The largest absolute Gasteiger partial charge is 0.481 e. The number of aliphatic carboxylic acids is 1. The number of rotatable bonds is 2. The van der Waals surface area contributed by atoms with Crippen LogP contribution >= 0.6 is 0 Å². The third-order valence-electron chi connectivity index (χ3n) is 3.51. The summed E-state index contributed by atoms with van der Waals surface area (Å²) in [4.78, 5) is 25.7. The van der Waals surface area contributed by atoms with E-state index in [4.69, 9.17) is 0 Å². The Morgan fingerprint density at radius 2 is 2.06 bits per heavy atom. The van der Waals surface area contributed by atoms with Crippen molar-refractivity contribution in [2.24, 2.45) is 0 Å². The molecule has 1 aliphatic rings. The highest BCUT2D eigenvalue weighted by atomic mass is 16.4. The normalized spacial score (nSPS) is 18.0. The van der Waals surface area contributed by atoms with Gasteiger partial charge in [0.25, 0.3) is 0 Å². The van der Waals surface area contributed by atoms with Crippen molar-refractivity contribution in [2.75, 3.05) is 0 Å². The van der Waals surface area contributed by atoms with Crippen molar-refractivity contribution >= 4 is 22.7 Å². The van der Waals surface area contributed by atoms with E-state index in [1.54, 1.807) is 12.3 Å². The fourth-order valence-corrected chi connectivity index (χ4v) is 2.56. The van der Waals surface area contributed by atoms with E-state index in [0.29, 0.717) is 5.56 Å². The summed E-state index contributed by atoms with van der Waals surface area (Å²) in [6, 6.07) is 7.44. The van der Waals surface area contributed by atoms with Gasteiger partial charge in [0.15, 0.2) is 0 Å². The molecule has 4 heteroatoms. The summed E-state index contributed by atoms with van der Waals surface area (Å²) < 4.78 is 0. The van der Waals surface area contributed by atoms with Crippen LogP contribution in [0.5, 0.6) is 0 Å². The first-order chi connectivity index (χ1) is 8.13. The zero-order valence-electron chi connectivity index (χ0n) is 9.06. The van der Waals surface area contributed by atoms with Crippen molar-refractivity contribution < 1.29 is 14.7 Å². The number of nitrogens with one attached hydrogen (secondary N) is 1. The Labute approximate surface area is 97.3 Å². The minimum absolute atomic E-state index is 0.0101. The average molecular weight is 229 g/mol. The number of hydrogen-bond acceptors (Lipinski definition) is 2. The molecule has 1 aromatic carbocycles. The van der Waals surface area contributed by atoms with Crippen LogP contribution < -0.4 is 0 Å². The first-order valence-corrected chi connectivity index (χ1v) is 5.45. The predicted molar refractivity (Wildman–Crippen MR) is 61.9 cm³/mol. The molecule has 0 atom stereocenters. The van der Waals surface area contributed by atoms with Crippen molar-refractivity contribution in [3.63, 3.8) is 0 Å². The highest BCUT2D eigenvalue weighted by molar-refractivity contribution is 6.04. The van der Waals surface area contributed by atoms with Crippen LogP contribution in [0.4, 0.5) is 0 Å². The second-order valence-electron chi connectivity index (χ2n) is 4.53. The van der Waals surface area contributed by atoms with E-state index >= 15 is 0 Å². The molecule has 0 amide bonds. The van der Waals surface area contributed by atoms with Gasteiger partial charge < -0.3 is 10.1 Å². The summed E-state index contributed by atoms with van der Waals surface area (Å²) in [6.45, 7) is 0. The van der Waals surface area contributed by atoms with Gasteiger partial charge in [-0.1, -0.05) is 18.2 Å². The molecule has 1 aliphatic carbocycles. The third kappa shape index (κ3) is 1.24. The zero-order chi connectivity index (χ0) is 12.0. The number of H-pyrrole nitrogens is 1. The monoisotopic (exact) mass is 229 g/mol. The molecular formula is C13H11NO3. The standard InChI is InChI=1S/C13H11NO3/c15-9-6-13(7-9,12(16)17)10-3-1-2-8-4-5-14-11(8)10/h1-5,14H,6-7H2,(H,16,17). The second kappa shape index (κ2) is 3.20. The Morgan fingerprint density at radius 1 is 1.29 bits per heavy atom. The number of carbonyl (C=O) groups excluding carboxylic acids is 1. The number of benzene rings is 1. The van der Waals surface area contributed by atoms with Crippen LogP contribution in [0.25, 0.3) is 10.9 Å². The molecule has 86 valence electrons. The summed E-state index contributed by atoms with van der Waals surface area (Å²) >= 11 is 0. The van der Waals surface area contributed by atoms with Crippen LogP contribution in [0.15, 0.2) is 30.5 Å². The number of carbonyl (C=O) groups is 2. The van der Waals surface area contributed by atoms with Crippen LogP contribution in [0.1, 0.15) is 18.4 Å². The summed E-state index contributed by atoms with van der Waals surface area (Å²) in [5, 5.41) is 10.4. The van der Waals surface area contributed by atoms with Crippen molar-refractivity contribution in [1.82, 2.24) is 4.98 Å². The maximum Gasteiger partial charge on any atom is 0.315 e. The van der Waals surface area contributed by atoms with E-state index in [9.17, 15) is 14.7 Å². The number of aromatic nitrogens is 1. The Bertz CT molecular complexity index is 618. The fraction of sp³-hybridized carbons (Fsp3) is 0.231. The van der Waals surface area contributed by atoms with Gasteiger partial charge in [-0.3, -0.25) is 9.59 Å². The third-order valence-corrected chi connectivity index (χ3v) is 3.51. The minimum atomic E-state index is -1.03. The molecule has 1 aromatic heterocycles. The van der Waals surface area contributed by atoms with Crippen molar-refractivity contribution in [3.8, 4) is 0 Å². The van der Waals surface area contributed by atoms with E-state index < -0.39 is 11.4 Å². The van der Waals surface area contributed by atoms with Crippen LogP contribution in [0.2, 0.25) is 0 Å². The molecule has 1 heterocycles. The Morgan fingerprint density at radius 3 is 2.71 bits per heavy atom. The van der Waals surface area contributed by atoms with Crippen molar-refractivity contribution in [2.45, 2.75) is 18.3 Å². The molecule has 0 bridgehead atoms. The van der Waals surface area contributed by atoms with Gasteiger partial charge in [0.2, 0.25) is 0 Å². The molecule has 0 aliphatic heterocycles. The van der Waals surface area contributed by atoms with Crippen molar-refractivity contribution in [3.05, 3.63) is 36.0 Å². The SMILES string of the molecule is O=C1CC(C(=O)O)(c2cccc3cc[nH]c23)C1. The first kappa shape index (κ1) is 10.1. The number of para-hydroxylation sites is 1. The van der Waals surface area contributed by atoms with Gasteiger partial charge in [-0.25, -0.2) is 0 Å². The van der Waals surface area contributed by atoms with Gasteiger partial charge in [0.05, 0.1) is 0 Å². The van der Waals surface area contributed by atoms with Gasteiger partial charge in [0, 0.05) is 24.6 Å². The maximum atomic E-state index is 11.4. The number of hydrogen-bond donors (Lipinski definition) is 2. The molecule has 2 N–H and O–H groups in total. The molecule has 2 aromatic rings. The predicted octanol–water partition coefficient (Wildman–Crippen LogP) is 1.85. The Balaban J connectivity index is 2.23. The average Bonchev–Trinajstić information content (AvgIpc) is 2.71. The maximum absolute atomic E-state index is 11.4. The topological polar surface area (TPSA) is 70.2 Å². The van der Waals surface area contributed by atoms with Crippen molar-refractivity contribution in [1.29, 1.82) is 0 Å². The van der Waals surface area contributed by atoms with E-state index in [1.807, 2.05) is 18.2 Å². The summed E-state index contributed by atoms with van der Waals surface area (Å²) in [5.74, 6) is -0.907. The number of fused-ring (bicyclic) bond motifs is 1. The highest BCUT2D eigenvalue weighted by Crippen LogP contribution is 2.43. The number of aromatic amines is 1. The molecule has 1 fully saturated rings. The van der Waals surface area contributed by atoms with Gasteiger partial charge >= 0.3 is 5.97 Å². The quantitative estimate of drug-likeness (QED) is 0.825. The highest BCUT2D eigenvalue weighted by Gasteiger charge is 2.52. The summed E-state index contributed by atoms with van der Waals surface area (Å²) in [7, 11) is 0. The van der Waals surface area contributed by atoms with E-state index in [0.717, 1.165) is 10.9 Å². The summed E-state index contributed by atoms with van der Waals surface area (Å²) in [5.41, 5.74) is 0.510. The second-order valence-corrected chi connectivity index (χ2v) is 4.53. The summed E-state index contributed by atoms with van der Waals surface area (Å²) in [6.07, 6.45) is 1.98. The lowest BCUT2D eigenvalue weighted by molar-refractivity contribution is -0.153. The molecular weight excluding hydrogens is 218 g/mol. The molecule has 0 radical (unpaired) electrons. The van der Waals surface area contributed by atoms with E-state index in [1.165, 1.54) is 0 Å². The lowest BCUT2D eigenvalue weighted by atomic mass is 9.63. The van der Waals surface area contributed by atoms with Gasteiger partial charge in [0.1, 0.15) is 11.2 Å². The molecule has 4 nitrogen and oxygen atoms in total. The number of carboxylic acids is 1. The lowest BCUT2D eigenvalue weighted by Crippen LogP contribution is -2.48. The molecule has 17 heavy (non-hydrogen) atoms. The van der Waals surface area contributed by atoms with Crippen LogP contribution in [-0.4, -0.2) is 21.8 Å². The van der Waals surface area contributed by atoms with Crippen LogP contribution in [0.3, 0.4) is 0 Å². The van der Waals surface area contributed by atoms with Gasteiger partial charge in [-0.05, 0) is 17.0 Å². The zero-order valence-corrected chi connectivity index (χ0v) is 9.06. The lowest BCUT2D eigenvalue weighted by Gasteiger charge is -2.36. The van der Waals surface area contributed by atoms with E-state index in [-0.39, 0.29) is 18.6 Å². The van der Waals surface area contributed by atoms with Gasteiger partial charge in [-0.15, -0.1) is 0 Å². The fourth-order valence-electron chi connectivity index (χ4n) is 2.56. The molecule has 1 saturated carbocycles. The first-order valence-electron chi connectivity index (χ1n) is 5.45. The molecule has 0 saturated heterocycles. The van der Waals surface area contributed by atoms with E-state index in [2.05, 4.69) is 4.98 Å². The van der Waals surface area contributed by atoms with Crippen LogP contribution in [0, 0.1) is 0 Å². The Kier molecular flexibility index (Phi) is 1.90. The molecule has 3 rings (SSSR count). The molecule has 0 unspecified atom stereocenters. The minimum Gasteiger partial charge on any atom is -0.481 e. The number of Topliss-reactive ketones (excluding diaryl/α,β-unsaturated/α-hetero) is 1. The number of ketones is 1.